The molecule has 7 rings (SSSR count). The van der Waals surface area contributed by atoms with Crippen LogP contribution in [0.1, 0.15) is 5.56 Å². The number of hydrogen-bond acceptors (Lipinski definition) is 6. The highest BCUT2D eigenvalue weighted by atomic mass is 19.1. The maximum Gasteiger partial charge on any atom is 0.170 e. The second kappa shape index (κ2) is 15.2. The smallest absolute Gasteiger partial charge is 0.170 e. The molecule has 0 heterocycles. The zero-order valence-corrected chi connectivity index (χ0v) is 27.3. The first-order valence-corrected chi connectivity index (χ1v) is 16.0. The molecular weight excluding hydrogens is 650 g/mol. The van der Waals surface area contributed by atoms with E-state index in [1.165, 1.54) is 24.3 Å². The molecule has 0 atom stereocenters. The van der Waals surface area contributed by atoms with Crippen molar-refractivity contribution in [2.24, 2.45) is 0 Å². The van der Waals surface area contributed by atoms with Crippen LogP contribution in [0.5, 0.6) is 69.0 Å². The van der Waals surface area contributed by atoms with Crippen LogP contribution in [-0.2, 0) is 0 Å². The first-order chi connectivity index (χ1) is 24.9. The van der Waals surface area contributed by atoms with E-state index in [1.807, 2.05) is 61.5 Å². The molecule has 0 aliphatic carbocycles. The van der Waals surface area contributed by atoms with E-state index in [0.29, 0.717) is 69.0 Å². The number of aryl methyl sites for hydroxylation is 1. The van der Waals surface area contributed by atoms with E-state index >= 15 is 0 Å². The summed E-state index contributed by atoms with van der Waals surface area (Å²) in [7, 11) is 0. The molecule has 51 heavy (non-hydrogen) atoms. The third kappa shape index (κ3) is 9.01. The predicted octanol–water partition coefficient (Wildman–Crippen LogP) is 13.0. The lowest BCUT2D eigenvalue weighted by Gasteiger charge is -2.15. The van der Waals surface area contributed by atoms with Crippen molar-refractivity contribution >= 4 is 0 Å². The number of hydrogen-bond donors (Lipinski definition) is 0. The summed E-state index contributed by atoms with van der Waals surface area (Å²) in [4.78, 5) is 0. The molecule has 0 saturated carbocycles. The van der Waals surface area contributed by atoms with Crippen LogP contribution in [0.3, 0.4) is 0 Å². The molecule has 0 aliphatic rings. The van der Waals surface area contributed by atoms with E-state index in [0.717, 1.165) is 5.56 Å². The van der Waals surface area contributed by atoms with E-state index in [9.17, 15) is 8.78 Å². The molecule has 0 aromatic heterocycles. The minimum atomic E-state index is -0.380. The van der Waals surface area contributed by atoms with Crippen LogP contribution in [0.25, 0.3) is 0 Å². The summed E-state index contributed by atoms with van der Waals surface area (Å²) in [6, 6.07) is 46.2. The van der Waals surface area contributed by atoms with Gasteiger partial charge in [0.25, 0.3) is 0 Å². The molecular formula is C43H30F2O6. The fourth-order valence-electron chi connectivity index (χ4n) is 5.04. The molecule has 0 fully saturated rings. The summed E-state index contributed by atoms with van der Waals surface area (Å²) >= 11 is 0. The zero-order valence-electron chi connectivity index (χ0n) is 27.3. The maximum atomic E-state index is 13.6. The zero-order chi connectivity index (χ0) is 35.0. The Kier molecular flexibility index (Phi) is 9.74. The van der Waals surface area contributed by atoms with E-state index in [1.54, 1.807) is 84.9 Å². The molecule has 6 nitrogen and oxygen atoms in total. The van der Waals surface area contributed by atoms with E-state index in [2.05, 4.69) is 0 Å². The van der Waals surface area contributed by atoms with Gasteiger partial charge < -0.3 is 28.4 Å². The summed E-state index contributed by atoms with van der Waals surface area (Å²) in [5, 5.41) is 0. The summed E-state index contributed by atoms with van der Waals surface area (Å²) in [6.45, 7) is 1.97. The van der Waals surface area contributed by atoms with Gasteiger partial charge in [0.1, 0.15) is 69.1 Å². The van der Waals surface area contributed by atoms with Gasteiger partial charge in [-0.2, -0.15) is 0 Å². The van der Waals surface area contributed by atoms with E-state index in [4.69, 9.17) is 28.4 Å². The van der Waals surface area contributed by atoms with Crippen LogP contribution < -0.4 is 28.4 Å². The van der Waals surface area contributed by atoms with Crippen molar-refractivity contribution in [2.45, 2.75) is 6.92 Å². The SMILES string of the molecule is Cc1ccc(Oc2cccc(Oc3cccc(Oc4cccc(F)c4)c3)c2)c(Oc2cccc(Oc3cccc(Oc4cccc(F)c4)c3)c2)c1. The second-order valence-electron chi connectivity index (χ2n) is 11.4. The van der Waals surface area contributed by atoms with Gasteiger partial charge in [-0.1, -0.05) is 42.5 Å². The summed E-state index contributed by atoms with van der Waals surface area (Å²) in [6.07, 6.45) is 0. The van der Waals surface area contributed by atoms with Gasteiger partial charge in [0, 0.05) is 36.4 Å². The summed E-state index contributed by atoms with van der Waals surface area (Å²) < 4.78 is 63.6. The Morgan fingerprint density at radius 1 is 0.294 bits per heavy atom. The Balaban J connectivity index is 1.03. The van der Waals surface area contributed by atoms with Gasteiger partial charge in [0.2, 0.25) is 0 Å². The number of rotatable bonds is 12. The first kappa shape index (κ1) is 32.7. The normalized spacial score (nSPS) is 10.6. The van der Waals surface area contributed by atoms with Gasteiger partial charge in [-0.05, 0) is 97.4 Å². The fourth-order valence-corrected chi connectivity index (χ4v) is 5.04. The third-order valence-electron chi connectivity index (χ3n) is 7.31. The average molecular weight is 681 g/mol. The molecule has 0 N–H and O–H groups in total. The number of benzene rings is 7. The minimum absolute atomic E-state index is 0.380. The van der Waals surface area contributed by atoms with Gasteiger partial charge in [0.15, 0.2) is 11.5 Å². The van der Waals surface area contributed by atoms with Gasteiger partial charge >= 0.3 is 0 Å². The van der Waals surface area contributed by atoms with Crippen molar-refractivity contribution in [3.8, 4) is 69.0 Å². The molecule has 0 spiro atoms. The maximum absolute atomic E-state index is 13.6. The Hall–Kier alpha value is -6.80. The lowest BCUT2D eigenvalue weighted by Crippen LogP contribution is -1.93. The molecule has 8 heteroatoms. The van der Waals surface area contributed by atoms with Crippen LogP contribution in [0.2, 0.25) is 0 Å². The predicted molar refractivity (Wildman–Crippen MR) is 190 cm³/mol. The highest BCUT2D eigenvalue weighted by Gasteiger charge is 2.12. The second-order valence-corrected chi connectivity index (χ2v) is 11.4. The number of ether oxygens (including phenoxy) is 6. The van der Waals surface area contributed by atoms with Gasteiger partial charge in [0.05, 0.1) is 0 Å². The molecule has 0 amide bonds. The molecule has 0 unspecified atom stereocenters. The topological polar surface area (TPSA) is 55.4 Å². The van der Waals surface area contributed by atoms with Gasteiger partial charge in [-0.25, -0.2) is 8.78 Å². The Labute approximate surface area is 293 Å². The molecule has 0 aliphatic heterocycles. The fraction of sp³-hybridized carbons (Fsp3) is 0.0233. The average Bonchev–Trinajstić information content (AvgIpc) is 3.10. The standard InChI is InChI=1S/C43H30F2O6/c1-29-20-21-42(50-40-18-6-16-38(27-40)48-36-14-4-12-34(25-36)46-32-10-2-8-30(44)23-32)43(22-29)51-41-19-7-17-39(28-41)49-37-15-5-13-35(26-37)47-33-11-3-9-31(45)24-33/h2-28H,1H3. The van der Waals surface area contributed by atoms with E-state index < -0.39 is 0 Å². The van der Waals surface area contributed by atoms with Crippen molar-refractivity contribution < 1.29 is 37.2 Å². The van der Waals surface area contributed by atoms with Gasteiger partial charge in [-0.3, -0.25) is 0 Å². The van der Waals surface area contributed by atoms with Crippen molar-refractivity contribution in [1.29, 1.82) is 0 Å². The summed E-state index contributed by atoms with van der Waals surface area (Å²) in [5.74, 6) is 5.25. The Morgan fingerprint density at radius 2 is 0.588 bits per heavy atom. The largest absolute Gasteiger partial charge is 0.457 e. The third-order valence-corrected chi connectivity index (χ3v) is 7.31. The monoisotopic (exact) mass is 680 g/mol. The van der Waals surface area contributed by atoms with Gasteiger partial charge in [-0.15, -0.1) is 0 Å². The Morgan fingerprint density at radius 3 is 0.941 bits per heavy atom. The molecule has 7 aromatic carbocycles. The molecule has 7 aromatic rings. The lowest BCUT2D eigenvalue weighted by molar-refractivity contribution is 0.411. The van der Waals surface area contributed by atoms with Crippen LogP contribution in [0.15, 0.2) is 164 Å². The first-order valence-electron chi connectivity index (χ1n) is 16.0. The summed E-state index contributed by atoms with van der Waals surface area (Å²) in [5.41, 5.74) is 0.984. The van der Waals surface area contributed by atoms with E-state index in [-0.39, 0.29) is 11.6 Å². The van der Waals surface area contributed by atoms with Crippen molar-refractivity contribution in [3.63, 3.8) is 0 Å². The Bertz CT molecular complexity index is 2290. The van der Waals surface area contributed by atoms with Crippen LogP contribution >= 0.6 is 0 Å². The highest BCUT2D eigenvalue weighted by Crippen LogP contribution is 2.39. The molecule has 252 valence electrons. The highest BCUT2D eigenvalue weighted by molar-refractivity contribution is 5.50. The number of halogens is 2. The quantitative estimate of drug-likeness (QED) is 0.128. The molecule has 0 saturated heterocycles. The van der Waals surface area contributed by atoms with Crippen molar-refractivity contribution in [2.75, 3.05) is 0 Å². The van der Waals surface area contributed by atoms with Crippen LogP contribution in [-0.4, -0.2) is 0 Å². The van der Waals surface area contributed by atoms with Crippen molar-refractivity contribution in [3.05, 3.63) is 181 Å². The lowest BCUT2D eigenvalue weighted by atomic mass is 10.2. The molecule has 0 bridgehead atoms. The van der Waals surface area contributed by atoms with Crippen molar-refractivity contribution in [1.82, 2.24) is 0 Å². The minimum Gasteiger partial charge on any atom is -0.457 e. The molecule has 0 radical (unpaired) electrons. The van der Waals surface area contributed by atoms with Crippen LogP contribution in [0, 0.1) is 18.6 Å². The van der Waals surface area contributed by atoms with Crippen LogP contribution in [0.4, 0.5) is 8.78 Å².